The van der Waals surface area contributed by atoms with E-state index in [9.17, 15) is 20.0 Å². The fraction of sp³-hybridized carbons (Fsp3) is 0.500. The van der Waals surface area contributed by atoms with E-state index in [1.165, 1.54) is 0 Å². The quantitative estimate of drug-likeness (QED) is 0.408. The SMILES string of the molecule is Nc1[nH]c(=O)c(C2C[C@@H](O)[C@H](CO)O2)cc1[N+](=O)[O-]. The van der Waals surface area contributed by atoms with Crippen molar-refractivity contribution in [2.75, 3.05) is 12.3 Å². The zero-order valence-electron chi connectivity index (χ0n) is 9.78. The van der Waals surface area contributed by atoms with Gasteiger partial charge in [-0.3, -0.25) is 14.9 Å². The maximum absolute atomic E-state index is 11.7. The highest BCUT2D eigenvalue weighted by Gasteiger charge is 2.36. The van der Waals surface area contributed by atoms with Gasteiger partial charge in [0.05, 0.1) is 29.3 Å². The normalized spacial score (nSPS) is 26.5. The Morgan fingerprint density at radius 1 is 1.63 bits per heavy atom. The van der Waals surface area contributed by atoms with Crippen molar-refractivity contribution in [1.82, 2.24) is 4.98 Å². The average Bonchev–Trinajstić information content (AvgIpc) is 2.69. The molecular weight excluding hydrogens is 258 g/mol. The number of nitro groups is 1. The molecule has 1 aliphatic heterocycles. The van der Waals surface area contributed by atoms with Crippen LogP contribution >= 0.6 is 0 Å². The standard InChI is InChI=1S/C10H13N3O6/c11-9-5(13(17)18)1-4(10(16)12-9)7-2-6(15)8(3-14)19-7/h1,6-8,14-15H,2-3H2,(H3,11,12,16)/t6-,7?,8+/m1/s1. The third-order valence-electron chi connectivity index (χ3n) is 3.03. The summed E-state index contributed by atoms with van der Waals surface area (Å²) in [6.45, 7) is -0.396. The number of hydrogen-bond donors (Lipinski definition) is 4. The molecule has 1 unspecified atom stereocenters. The van der Waals surface area contributed by atoms with Gasteiger partial charge in [-0.2, -0.15) is 0 Å². The Bertz CT molecular complexity index is 557. The Morgan fingerprint density at radius 3 is 2.84 bits per heavy atom. The summed E-state index contributed by atoms with van der Waals surface area (Å²) in [5.41, 5.74) is 4.31. The van der Waals surface area contributed by atoms with E-state index < -0.39 is 41.1 Å². The van der Waals surface area contributed by atoms with Crippen molar-refractivity contribution in [3.63, 3.8) is 0 Å². The molecule has 0 spiro atoms. The van der Waals surface area contributed by atoms with Crippen molar-refractivity contribution < 1.29 is 19.9 Å². The first-order valence-corrected chi connectivity index (χ1v) is 5.55. The molecule has 1 aliphatic rings. The third kappa shape index (κ3) is 2.43. The van der Waals surface area contributed by atoms with Gasteiger partial charge >= 0.3 is 5.69 Å². The van der Waals surface area contributed by atoms with Gasteiger partial charge in [-0.15, -0.1) is 0 Å². The molecule has 1 aromatic rings. The lowest BCUT2D eigenvalue weighted by Gasteiger charge is -2.11. The molecule has 1 saturated heterocycles. The summed E-state index contributed by atoms with van der Waals surface area (Å²) in [4.78, 5) is 23.9. The van der Waals surface area contributed by atoms with Crippen LogP contribution in [0.5, 0.6) is 0 Å². The summed E-state index contributed by atoms with van der Waals surface area (Å²) in [5, 5.41) is 29.3. The van der Waals surface area contributed by atoms with E-state index in [1.54, 1.807) is 0 Å². The molecule has 0 radical (unpaired) electrons. The van der Waals surface area contributed by atoms with E-state index in [1.807, 2.05) is 0 Å². The highest BCUT2D eigenvalue weighted by Crippen LogP contribution is 2.33. The van der Waals surface area contributed by atoms with Gasteiger partial charge in [0.15, 0.2) is 5.82 Å². The number of nitrogen functional groups attached to an aromatic ring is 1. The number of pyridine rings is 1. The number of aliphatic hydroxyl groups is 2. The van der Waals surface area contributed by atoms with Crippen LogP contribution < -0.4 is 11.3 Å². The monoisotopic (exact) mass is 271 g/mol. The number of ether oxygens (including phenoxy) is 1. The van der Waals surface area contributed by atoms with Gasteiger partial charge in [0.25, 0.3) is 5.56 Å². The van der Waals surface area contributed by atoms with Crippen LogP contribution in [0.1, 0.15) is 18.1 Å². The molecular formula is C10H13N3O6. The molecule has 0 aliphatic carbocycles. The topological polar surface area (TPSA) is 152 Å². The number of hydrogen-bond acceptors (Lipinski definition) is 7. The van der Waals surface area contributed by atoms with Crippen LogP contribution in [0.3, 0.4) is 0 Å². The minimum absolute atomic E-state index is 0.0101. The summed E-state index contributed by atoms with van der Waals surface area (Å²) < 4.78 is 5.28. The van der Waals surface area contributed by atoms with Crippen LogP contribution in [0.4, 0.5) is 11.5 Å². The summed E-state index contributed by atoms with van der Waals surface area (Å²) in [6, 6.07) is 1.03. The third-order valence-corrected chi connectivity index (χ3v) is 3.03. The summed E-state index contributed by atoms with van der Waals surface area (Å²) in [5.74, 6) is -0.337. The number of aromatic amines is 1. The van der Waals surface area contributed by atoms with E-state index in [0.717, 1.165) is 6.07 Å². The van der Waals surface area contributed by atoms with Crippen molar-refractivity contribution in [3.05, 3.63) is 32.1 Å². The predicted octanol–water partition coefficient (Wildman–Crippen LogP) is -0.951. The second-order valence-electron chi connectivity index (χ2n) is 4.26. The number of rotatable bonds is 3. The lowest BCUT2D eigenvalue weighted by Crippen LogP contribution is -2.24. The number of nitrogens with one attached hydrogen (secondary N) is 1. The molecule has 1 fully saturated rings. The molecule has 0 saturated carbocycles. The van der Waals surface area contributed by atoms with Gasteiger partial charge in [-0.1, -0.05) is 0 Å². The zero-order chi connectivity index (χ0) is 14.2. The van der Waals surface area contributed by atoms with Crippen molar-refractivity contribution in [2.45, 2.75) is 24.7 Å². The Labute approximate surface area is 106 Å². The Hall–Kier alpha value is -1.97. The number of nitrogens with two attached hydrogens (primary N) is 1. The molecule has 9 heteroatoms. The molecule has 9 nitrogen and oxygen atoms in total. The second-order valence-corrected chi connectivity index (χ2v) is 4.26. The molecule has 0 aromatic carbocycles. The largest absolute Gasteiger partial charge is 0.394 e. The van der Waals surface area contributed by atoms with Crippen LogP contribution in [-0.2, 0) is 4.74 Å². The first-order valence-electron chi connectivity index (χ1n) is 5.55. The van der Waals surface area contributed by atoms with Crippen LogP contribution in [-0.4, -0.2) is 38.9 Å². The number of aromatic nitrogens is 1. The zero-order valence-corrected chi connectivity index (χ0v) is 9.78. The van der Waals surface area contributed by atoms with Crippen LogP contribution in [0.2, 0.25) is 0 Å². The molecule has 2 heterocycles. The van der Waals surface area contributed by atoms with E-state index >= 15 is 0 Å². The van der Waals surface area contributed by atoms with Gasteiger partial charge < -0.3 is 25.7 Å². The number of aliphatic hydroxyl groups excluding tert-OH is 2. The number of nitrogens with zero attached hydrogens (tertiary/aromatic N) is 1. The van der Waals surface area contributed by atoms with Crippen molar-refractivity contribution in [2.24, 2.45) is 0 Å². The minimum atomic E-state index is -0.925. The fourth-order valence-corrected chi connectivity index (χ4v) is 2.03. The lowest BCUT2D eigenvalue weighted by atomic mass is 10.1. The molecule has 104 valence electrons. The molecule has 1 aromatic heterocycles. The molecule has 0 bridgehead atoms. The molecule has 0 amide bonds. The van der Waals surface area contributed by atoms with Crippen molar-refractivity contribution in [1.29, 1.82) is 0 Å². The molecule has 2 rings (SSSR count). The average molecular weight is 271 g/mol. The van der Waals surface area contributed by atoms with Crippen LogP contribution in [0.15, 0.2) is 10.9 Å². The first kappa shape index (κ1) is 13.5. The van der Waals surface area contributed by atoms with Gasteiger partial charge in [0.1, 0.15) is 6.10 Å². The maximum atomic E-state index is 11.7. The van der Waals surface area contributed by atoms with Gasteiger partial charge in [-0.05, 0) is 0 Å². The Morgan fingerprint density at radius 2 is 2.32 bits per heavy atom. The maximum Gasteiger partial charge on any atom is 0.309 e. The second kappa shape index (κ2) is 4.96. The van der Waals surface area contributed by atoms with E-state index in [-0.39, 0.29) is 17.8 Å². The van der Waals surface area contributed by atoms with Crippen molar-refractivity contribution in [3.8, 4) is 0 Å². The van der Waals surface area contributed by atoms with E-state index in [0.29, 0.717) is 0 Å². The first-order chi connectivity index (χ1) is 8.93. The molecule has 19 heavy (non-hydrogen) atoms. The summed E-state index contributed by atoms with van der Waals surface area (Å²) in [6.07, 6.45) is -2.46. The highest BCUT2D eigenvalue weighted by atomic mass is 16.6. The predicted molar refractivity (Wildman–Crippen MR) is 63.5 cm³/mol. The van der Waals surface area contributed by atoms with Gasteiger partial charge in [-0.25, -0.2) is 0 Å². The van der Waals surface area contributed by atoms with E-state index in [2.05, 4.69) is 4.98 Å². The van der Waals surface area contributed by atoms with Gasteiger partial charge in [0, 0.05) is 12.5 Å². The van der Waals surface area contributed by atoms with E-state index in [4.69, 9.17) is 15.6 Å². The van der Waals surface area contributed by atoms with Crippen LogP contribution in [0, 0.1) is 10.1 Å². The van der Waals surface area contributed by atoms with Gasteiger partial charge in [0.2, 0.25) is 0 Å². The smallest absolute Gasteiger partial charge is 0.309 e. The number of H-pyrrole nitrogens is 1. The van der Waals surface area contributed by atoms with Crippen molar-refractivity contribution >= 4 is 11.5 Å². The fourth-order valence-electron chi connectivity index (χ4n) is 2.03. The lowest BCUT2D eigenvalue weighted by molar-refractivity contribution is -0.384. The number of anilines is 1. The Balaban J connectivity index is 2.38. The summed E-state index contributed by atoms with van der Waals surface area (Å²) in [7, 11) is 0. The minimum Gasteiger partial charge on any atom is -0.394 e. The summed E-state index contributed by atoms with van der Waals surface area (Å²) >= 11 is 0. The Kier molecular flexibility index (Phi) is 3.51. The highest BCUT2D eigenvalue weighted by molar-refractivity contribution is 5.53. The molecule has 5 N–H and O–H groups in total. The van der Waals surface area contributed by atoms with Crippen LogP contribution in [0.25, 0.3) is 0 Å². The molecule has 3 atom stereocenters.